The number of rotatable bonds is 6. The molecule has 0 bridgehead atoms. The zero-order chi connectivity index (χ0) is 19.7. The second-order valence-electron chi connectivity index (χ2n) is 7.34. The van der Waals surface area contributed by atoms with E-state index < -0.39 is 28.2 Å². The molecular formula is C19H22Cl2N2O4. The number of nitrogens with one attached hydrogen (secondary N) is 2. The van der Waals surface area contributed by atoms with Crippen LogP contribution in [0.25, 0.3) is 0 Å². The zero-order valence-corrected chi connectivity index (χ0v) is 16.5. The molecule has 27 heavy (non-hydrogen) atoms. The number of carbonyl (C=O) groups is 3. The zero-order valence-electron chi connectivity index (χ0n) is 15.0. The number of esters is 1. The number of amides is 2. The van der Waals surface area contributed by atoms with Gasteiger partial charge in [-0.05, 0) is 31.9 Å². The summed E-state index contributed by atoms with van der Waals surface area (Å²) in [6.07, 6.45) is 4.45. The van der Waals surface area contributed by atoms with E-state index in [1.807, 2.05) is 0 Å². The first-order valence-corrected chi connectivity index (χ1v) is 9.73. The first kappa shape index (κ1) is 20.0. The third kappa shape index (κ3) is 4.38. The fourth-order valence-electron chi connectivity index (χ4n) is 3.22. The molecule has 0 radical (unpaired) electrons. The van der Waals surface area contributed by atoms with Gasteiger partial charge in [-0.15, -0.1) is 23.2 Å². The summed E-state index contributed by atoms with van der Waals surface area (Å²) in [7, 11) is 0. The minimum atomic E-state index is -1.15. The predicted octanol–water partition coefficient (Wildman–Crippen LogP) is 3.42. The number of para-hydroxylation sites is 1. The lowest BCUT2D eigenvalue weighted by atomic mass is 10.1. The first-order chi connectivity index (χ1) is 12.7. The highest BCUT2D eigenvalue weighted by molar-refractivity contribution is 6.53. The van der Waals surface area contributed by atoms with E-state index in [1.165, 1.54) is 0 Å². The van der Waals surface area contributed by atoms with Crippen molar-refractivity contribution in [3.8, 4) is 0 Å². The van der Waals surface area contributed by atoms with E-state index >= 15 is 0 Å². The Morgan fingerprint density at radius 1 is 1.19 bits per heavy atom. The first-order valence-electron chi connectivity index (χ1n) is 8.98. The monoisotopic (exact) mass is 412 g/mol. The van der Waals surface area contributed by atoms with Crippen LogP contribution in [-0.4, -0.2) is 34.8 Å². The van der Waals surface area contributed by atoms with Crippen LogP contribution in [0.2, 0.25) is 0 Å². The Hall–Kier alpha value is -1.79. The molecule has 1 unspecified atom stereocenters. The molecule has 1 aromatic rings. The number of hydrogen-bond donors (Lipinski definition) is 2. The SMILES string of the molecule is CC1(C(=O)OCC(=O)Nc2ccccc2C(=O)NC2CCCC2)CC1(Cl)Cl. The molecule has 0 aliphatic heterocycles. The predicted molar refractivity (Wildman–Crippen MR) is 103 cm³/mol. The Morgan fingerprint density at radius 3 is 2.44 bits per heavy atom. The number of benzene rings is 1. The standard InChI is InChI=1S/C19H22Cl2N2O4/c1-18(11-19(18,20)21)17(26)27-10-15(24)23-14-9-5-4-8-13(14)16(25)22-12-6-2-3-7-12/h4-5,8-9,12H,2-3,6-7,10-11H2,1H3,(H,22,25)(H,23,24). The van der Waals surface area contributed by atoms with Crippen molar-refractivity contribution in [1.29, 1.82) is 0 Å². The van der Waals surface area contributed by atoms with Crippen molar-refractivity contribution in [3.05, 3.63) is 29.8 Å². The lowest BCUT2D eigenvalue weighted by Crippen LogP contribution is -2.33. The van der Waals surface area contributed by atoms with Gasteiger partial charge in [0.1, 0.15) is 9.75 Å². The third-order valence-corrected chi connectivity index (χ3v) is 6.28. The van der Waals surface area contributed by atoms with E-state index in [0.29, 0.717) is 11.3 Å². The van der Waals surface area contributed by atoms with Crippen molar-refractivity contribution in [1.82, 2.24) is 5.32 Å². The second-order valence-corrected chi connectivity index (χ2v) is 8.82. The molecule has 8 heteroatoms. The number of halogens is 2. The Balaban J connectivity index is 1.56. The molecule has 2 aliphatic carbocycles. The summed E-state index contributed by atoms with van der Waals surface area (Å²) in [5.74, 6) is -1.38. The fourth-order valence-corrected chi connectivity index (χ4v) is 3.91. The average Bonchev–Trinajstić information content (AvgIpc) is 2.97. The number of carbonyl (C=O) groups excluding carboxylic acids is 3. The molecule has 1 atom stereocenters. The van der Waals surface area contributed by atoms with Crippen LogP contribution in [0.1, 0.15) is 49.4 Å². The molecular weight excluding hydrogens is 391 g/mol. The van der Waals surface area contributed by atoms with Gasteiger partial charge in [-0.3, -0.25) is 14.4 Å². The molecule has 0 saturated heterocycles. The van der Waals surface area contributed by atoms with E-state index in [2.05, 4.69) is 10.6 Å². The smallest absolute Gasteiger partial charge is 0.315 e. The molecule has 2 N–H and O–H groups in total. The van der Waals surface area contributed by atoms with E-state index in [9.17, 15) is 14.4 Å². The number of ether oxygens (including phenoxy) is 1. The highest BCUT2D eigenvalue weighted by Gasteiger charge is 2.69. The van der Waals surface area contributed by atoms with E-state index in [-0.39, 0.29) is 18.4 Å². The van der Waals surface area contributed by atoms with Gasteiger partial charge in [-0.1, -0.05) is 25.0 Å². The topological polar surface area (TPSA) is 84.5 Å². The lowest BCUT2D eigenvalue weighted by molar-refractivity contribution is -0.152. The highest BCUT2D eigenvalue weighted by Crippen LogP contribution is 2.64. The van der Waals surface area contributed by atoms with Crippen molar-refractivity contribution in [2.45, 2.75) is 49.4 Å². The van der Waals surface area contributed by atoms with Crippen LogP contribution in [0.3, 0.4) is 0 Å². The summed E-state index contributed by atoms with van der Waals surface area (Å²) in [6.45, 7) is 1.12. The third-order valence-electron chi connectivity index (χ3n) is 5.18. The Morgan fingerprint density at radius 2 is 1.81 bits per heavy atom. The number of anilines is 1. The van der Waals surface area contributed by atoms with Crippen molar-refractivity contribution in [3.63, 3.8) is 0 Å². The average molecular weight is 413 g/mol. The lowest BCUT2D eigenvalue weighted by Gasteiger charge is -2.15. The van der Waals surface area contributed by atoms with Gasteiger partial charge in [0.05, 0.1) is 11.3 Å². The van der Waals surface area contributed by atoms with Crippen molar-refractivity contribution >= 4 is 46.7 Å². The van der Waals surface area contributed by atoms with E-state index in [4.69, 9.17) is 27.9 Å². The van der Waals surface area contributed by atoms with Crippen LogP contribution < -0.4 is 10.6 Å². The van der Waals surface area contributed by atoms with Gasteiger partial charge >= 0.3 is 5.97 Å². The quantitative estimate of drug-likeness (QED) is 0.553. The molecule has 2 aliphatic rings. The van der Waals surface area contributed by atoms with E-state index in [0.717, 1.165) is 25.7 Å². The van der Waals surface area contributed by atoms with Crippen LogP contribution in [-0.2, 0) is 14.3 Å². The van der Waals surface area contributed by atoms with Crippen molar-refractivity contribution in [2.24, 2.45) is 5.41 Å². The largest absolute Gasteiger partial charge is 0.455 e. The number of alkyl halides is 2. The summed E-state index contributed by atoms with van der Waals surface area (Å²) in [4.78, 5) is 36.7. The molecule has 1 aromatic carbocycles. The maximum Gasteiger partial charge on any atom is 0.315 e. The van der Waals surface area contributed by atoms with Crippen molar-refractivity contribution < 1.29 is 19.1 Å². The summed E-state index contributed by atoms with van der Waals surface area (Å²) in [6, 6.07) is 6.90. The minimum Gasteiger partial charge on any atom is -0.455 e. The summed E-state index contributed by atoms with van der Waals surface area (Å²) < 4.78 is 3.88. The van der Waals surface area contributed by atoms with Crippen LogP contribution in [0.5, 0.6) is 0 Å². The van der Waals surface area contributed by atoms with Gasteiger partial charge in [0, 0.05) is 12.5 Å². The van der Waals surface area contributed by atoms with Crippen LogP contribution in [0.15, 0.2) is 24.3 Å². The highest BCUT2D eigenvalue weighted by atomic mass is 35.5. The van der Waals surface area contributed by atoms with Gasteiger partial charge in [-0.25, -0.2) is 0 Å². The molecule has 6 nitrogen and oxygen atoms in total. The maximum absolute atomic E-state index is 12.5. The van der Waals surface area contributed by atoms with Gasteiger partial charge in [0.25, 0.3) is 11.8 Å². The number of hydrogen-bond acceptors (Lipinski definition) is 4. The molecule has 2 saturated carbocycles. The van der Waals surface area contributed by atoms with Gasteiger partial charge in [0.2, 0.25) is 0 Å². The minimum absolute atomic E-state index is 0.174. The van der Waals surface area contributed by atoms with E-state index in [1.54, 1.807) is 31.2 Å². The molecule has 2 amide bonds. The molecule has 146 valence electrons. The van der Waals surface area contributed by atoms with Gasteiger partial charge in [-0.2, -0.15) is 0 Å². The normalized spacial score (nSPS) is 23.5. The summed E-state index contributed by atoms with van der Waals surface area (Å²) in [5, 5.41) is 5.61. The molecule has 3 rings (SSSR count). The molecule has 2 fully saturated rings. The van der Waals surface area contributed by atoms with Crippen LogP contribution in [0, 0.1) is 5.41 Å². The Kier molecular flexibility index (Phi) is 5.68. The summed E-state index contributed by atoms with van der Waals surface area (Å²) in [5.41, 5.74) is -0.246. The second kappa shape index (κ2) is 7.68. The van der Waals surface area contributed by atoms with Crippen LogP contribution >= 0.6 is 23.2 Å². The van der Waals surface area contributed by atoms with Gasteiger partial charge in [0.15, 0.2) is 6.61 Å². The van der Waals surface area contributed by atoms with Gasteiger partial charge < -0.3 is 15.4 Å². The Labute approximate surface area is 167 Å². The Bertz CT molecular complexity index is 762. The van der Waals surface area contributed by atoms with Crippen LogP contribution in [0.4, 0.5) is 5.69 Å². The summed E-state index contributed by atoms with van der Waals surface area (Å²) >= 11 is 11.9. The maximum atomic E-state index is 12.5. The van der Waals surface area contributed by atoms with Crippen molar-refractivity contribution in [2.75, 3.05) is 11.9 Å². The molecule has 0 spiro atoms. The molecule has 0 heterocycles. The fraction of sp³-hybridized carbons (Fsp3) is 0.526. The molecule has 0 aromatic heterocycles.